The van der Waals surface area contributed by atoms with E-state index in [9.17, 15) is 2.74 Å². The zero-order valence-corrected chi connectivity index (χ0v) is 29.1. The lowest BCUT2D eigenvalue weighted by Gasteiger charge is -2.26. The molecule has 0 saturated heterocycles. The van der Waals surface area contributed by atoms with E-state index in [1.807, 2.05) is 109 Å². The van der Waals surface area contributed by atoms with Crippen LogP contribution in [0.5, 0.6) is 0 Å². The van der Waals surface area contributed by atoms with Gasteiger partial charge in [-0.15, -0.1) is 0 Å². The molecular weight excluding hydrogens is 671 g/mol. The predicted molar refractivity (Wildman–Crippen MR) is 229 cm³/mol. The molecule has 0 radical (unpaired) electrons. The van der Waals surface area contributed by atoms with Crippen molar-refractivity contribution >= 4 is 71.7 Å². The molecule has 258 valence electrons. The molecule has 0 saturated carbocycles. The van der Waals surface area contributed by atoms with E-state index in [4.69, 9.17) is 18.4 Å². The average Bonchev–Trinajstić information content (AvgIpc) is 3.92. The Morgan fingerprint density at radius 3 is 1.76 bits per heavy atom. The first-order valence-corrected chi connectivity index (χ1v) is 17.9. The van der Waals surface area contributed by atoms with Gasteiger partial charge in [-0.2, -0.15) is 0 Å². The predicted octanol–water partition coefficient (Wildman–Crippen LogP) is 15.1. The van der Waals surface area contributed by atoms with Gasteiger partial charge in [0.15, 0.2) is 0 Å². The van der Waals surface area contributed by atoms with Crippen molar-refractivity contribution in [1.29, 1.82) is 0 Å². The van der Waals surface area contributed by atoms with Gasteiger partial charge in [-0.1, -0.05) is 152 Å². The molecule has 0 aliphatic heterocycles. The first-order valence-electron chi connectivity index (χ1n) is 22.4. The highest BCUT2D eigenvalue weighted by Gasteiger charge is 2.21. The van der Waals surface area contributed by atoms with Crippen LogP contribution in [0.3, 0.4) is 0 Å². The van der Waals surface area contributed by atoms with Crippen molar-refractivity contribution in [3.8, 4) is 33.4 Å². The van der Waals surface area contributed by atoms with Crippen LogP contribution >= 0.6 is 0 Å². The topological polar surface area (TPSA) is 29.5 Å². The SMILES string of the molecule is [2H]c1c([2H])c(N(c2ccc(-c3ccc(-c4ccccc4)cc3)cc2)c2ccc(-c3cccc4c3oc3ccccc34)cc2)c2c(oc3c4c([2H])c([2H])c([2H])c([2H])c4c([2H])c([2H])c32)c1[2H]. The second-order valence-electron chi connectivity index (χ2n) is 13.4. The van der Waals surface area contributed by atoms with Crippen molar-refractivity contribution in [1.82, 2.24) is 0 Å². The van der Waals surface area contributed by atoms with E-state index in [1.165, 1.54) is 0 Å². The minimum Gasteiger partial charge on any atom is -0.455 e. The van der Waals surface area contributed by atoms with E-state index in [2.05, 4.69) is 36.4 Å². The summed E-state index contributed by atoms with van der Waals surface area (Å²) >= 11 is 0. The van der Waals surface area contributed by atoms with E-state index in [0.29, 0.717) is 11.4 Å². The third-order valence-corrected chi connectivity index (χ3v) is 10.2. The Labute approximate surface area is 330 Å². The summed E-state index contributed by atoms with van der Waals surface area (Å²) in [4.78, 5) is 1.78. The van der Waals surface area contributed by atoms with Gasteiger partial charge in [-0.05, 0) is 81.7 Å². The van der Waals surface area contributed by atoms with Gasteiger partial charge in [-0.25, -0.2) is 0 Å². The van der Waals surface area contributed by atoms with Crippen LogP contribution in [-0.4, -0.2) is 0 Å². The molecule has 3 heteroatoms. The van der Waals surface area contributed by atoms with Crippen molar-refractivity contribution in [3.05, 3.63) is 200 Å². The summed E-state index contributed by atoms with van der Waals surface area (Å²) in [5, 5.41) is 1.80. The summed E-state index contributed by atoms with van der Waals surface area (Å²) in [6, 6.07) is 43.6. The highest BCUT2D eigenvalue weighted by molar-refractivity contribution is 6.19. The molecule has 11 aromatic rings. The van der Waals surface area contributed by atoms with E-state index >= 15 is 0 Å². The maximum absolute atomic E-state index is 9.54. The number of anilines is 3. The van der Waals surface area contributed by atoms with E-state index in [0.717, 1.165) is 55.3 Å². The number of rotatable bonds is 6. The van der Waals surface area contributed by atoms with Crippen molar-refractivity contribution in [2.75, 3.05) is 4.90 Å². The lowest BCUT2D eigenvalue weighted by molar-refractivity contribution is 0.670. The van der Waals surface area contributed by atoms with Crippen LogP contribution in [0.4, 0.5) is 17.1 Å². The van der Waals surface area contributed by atoms with Crippen molar-refractivity contribution in [3.63, 3.8) is 0 Å². The van der Waals surface area contributed by atoms with E-state index in [1.54, 1.807) is 4.90 Å². The third-order valence-electron chi connectivity index (χ3n) is 10.2. The number of nitrogens with zero attached hydrogens (tertiary/aromatic N) is 1. The molecule has 0 aliphatic carbocycles. The highest BCUT2D eigenvalue weighted by Crippen LogP contribution is 2.45. The van der Waals surface area contributed by atoms with Crippen LogP contribution in [0, 0.1) is 0 Å². The molecule has 0 atom stereocenters. The normalized spacial score (nSPS) is 13.9. The fraction of sp³-hybridized carbons (Fsp3) is 0. The van der Waals surface area contributed by atoms with Crippen molar-refractivity contribution in [2.45, 2.75) is 0 Å². The molecule has 0 amide bonds. The number of hydrogen-bond donors (Lipinski definition) is 0. The summed E-state index contributed by atoms with van der Waals surface area (Å²) in [6.45, 7) is 0. The molecule has 0 bridgehead atoms. The summed E-state index contributed by atoms with van der Waals surface area (Å²) in [6.07, 6.45) is 0. The smallest absolute Gasteiger partial charge is 0.143 e. The van der Waals surface area contributed by atoms with Gasteiger partial charge in [0.2, 0.25) is 0 Å². The molecule has 3 nitrogen and oxygen atoms in total. The maximum atomic E-state index is 9.54. The molecule has 9 aromatic carbocycles. The fourth-order valence-electron chi connectivity index (χ4n) is 7.58. The molecule has 0 fully saturated rings. The van der Waals surface area contributed by atoms with Crippen LogP contribution in [0.15, 0.2) is 209 Å². The number of para-hydroxylation sites is 2. The molecule has 11 rings (SSSR count). The van der Waals surface area contributed by atoms with Crippen molar-refractivity contribution < 1.29 is 21.2 Å². The van der Waals surface area contributed by atoms with Gasteiger partial charge in [0.25, 0.3) is 0 Å². The Morgan fingerprint density at radius 2 is 1.00 bits per heavy atom. The van der Waals surface area contributed by atoms with Gasteiger partial charge < -0.3 is 13.7 Å². The molecule has 0 aliphatic rings. The first-order chi connectivity index (χ1) is 31.0. The van der Waals surface area contributed by atoms with Gasteiger partial charge in [0.1, 0.15) is 22.3 Å². The van der Waals surface area contributed by atoms with Crippen LogP contribution in [0.2, 0.25) is 0 Å². The average molecular weight is 713 g/mol. The molecular formula is C52H33NO2. The third kappa shape index (κ3) is 5.20. The zero-order chi connectivity index (χ0) is 44.1. The molecule has 2 aromatic heterocycles. The highest BCUT2D eigenvalue weighted by atomic mass is 16.3. The molecule has 0 unspecified atom stereocenters. The first kappa shape index (κ1) is 23.3. The molecule has 2 heterocycles. The van der Waals surface area contributed by atoms with Gasteiger partial charge >= 0.3 is 0 Å². The minimum atomic E-state index is -0.550. The Balaban J connectivity index is 1.14. The standard InChI is InChI=1S/C52H33NO2/c1-2-10-34(11-3-1)35-20-22-36(23-21-35)37-24-29-40(30-25-37)53(47-17-9-19-49-50(47)46-33-28-38-12-4-5-13-42(38)52(46)55-49)41-31-26-39(27-32-41)43-15-8-16-45-44-14-6-7-18-48(44)54-51(43)45/h1-33H/i4D,5D,9D,12D,13D,17D,19D,28D,33D. The van der Waals surface area contributed by atoms with E-state index in [-0.39, 0.29) is 44.4 Å². The summed E-state index contributed by atoms with van der Waals surface area (Å²) in [7, 11) is 0. The molecule has 55 heavy (non-hydrogen) atoms. The fourth-order valence-corrected chi connectivity index (χ4v) is 7.58. The Kier molecular flexibility index (Phi) is 5.37. The largest absolute Gasteiger partial charge is 0.455 e. The monoisotopic (exact) mass is 712 g/mol. The lowest BCUT2D eigenvalue weighted by Crippen LogP contribution is -2.10. The van der Waals surface area contributed by atoms with E-state index < -0.39 is 48.3 Å². The van der Waals surface area contributed by atoms with Crippen molar-refractivity contribution in [2.24, 2.45) is 0 Å². The molecule has 0 N–H and O–H groups in total. The number of benzene rings is 9. The second kappa shape index (κ2) is 12.6. The number of furan rings is 2. The van der Waals surface area contributed by atoms with Gasteiger partial charge in [0, 0.05) is 38.5 Å². The summed E-state index contributed by atoms with van der Waals surface area (Å²) in [5.74, 6) is 0. The quantitative estimate of drug-likeness (QED) is 0.172. The Bertz CT molecular complexity index is 3700. The van der Waals surface area contributed by atoms with Crippen LogP contribution in [0.1, 0.15) is 12.3 Å². The maximum Gasteiger partial charge on any atom is 0.143 e. The summed E-state index contributed by atoms with van der Waals surface area (Å²) in [5.41, 5.74) is 8.36. The Morgan fingerprint density at radius 1 is 0.382 bits per heavy atom. The Hall–Kier alpha value is -7.36. The number of hydrogen-bond acceptors (Lipinski definition) is 3. The van der Waals surface area contributed by atoms with Gasteiger partial charge in [0.05, 0.1) is 23.4 Å². The number of fused-ring (bicyclic) bond motifs is 8. The lowest BCUT2D eigenvalue weighted by atomic mass is 9.99. The zero-order valence-electron chi connectivity index (χ0n) is 38.1. The minimum absolute atomic E-state index is 0.00263. The van der Waals surface area contributed by atoms with Crippen LogP contribution < -0.4 is 4.90 Å². The second-order valence-corrected chi connectivity index (χ2v) is 13.4. The summed E-state index contributed by atoms with van der Waals surface area (Å²) < 4.78 is 93.1. The van der Waals surface area contributed by atoms with Crippen LogP contribution in [0.25, 0.3) is 88.0 Å². The van der Waals surface area contributed by atoms with Gasteiger partial charge in [-0.3, -0.25) is 0 Å². The molecule has 0 spiro atoms. The van der Waals surface area contributed by atoms with Crippen LogP contribution in [-0.2, 0) is 0 Å².